The van der Waals surface area contributed by atoms with E-state index < -0.39 is 5.41 Å². The molecule has 35 heavy (non-hydrogen) atoms. The number of benzene rings is 2. The second kappa shape index (κ2) is 11.3. The van der Waals surface area contributed by atoms with E-state index in [1.54, 1.807) is 0 Å². The number of halogens is 1. The number of rotatable bonds is 6. The van der Waals surface area contributed by atoms with Gasteiger partial charge >= 0.3 is 5.97 Å². The minimum Gasteiger partial charge on any atom is -1.00 e. The van der Waals surface area contributed by atoms with Gasteiger partial charge in [0.15, 0.2) is 12.6 Å². The lowest BCUT2D eigenvalue weighted by Gasteiger charge is -2.52. The molecule has 4 fully saturated rings. The quantitative estimate of drug-likeness (QED) is 0.346. The van der Waals surface area contributed by atoms with Crippen LogP contribution in [0.15, 0.2) is 60.7 Å². The summed E-state index contributed by atoms with van der Waals surface area (Å²) in [5.74, 6) is 0.423. The first-order valence-electron chi connectivity index (χ1n) is 13.1. The van der Waals surface area contributed by atoms with Gasteiger partial charge < -0.3 is 31.5 Å². The third-order valence-electron chi connectivity index (χ3n) is 8.51. The topological polar surface area (TPSA) is 55.4 Å². The molecule has 1 N–H and O–H groups in total. The fourth-order valence-corrected chi connectivity index (χ4v) is 6.55. The van der Waals surface area contributed by atoms with Crippen molar-refractivity contribution in [3.63, 3.8) is 0 Å². The first-order valence-corrected chi connectivity index (χ1v) is 13.1. The molecule has 3 aliphatic heterocycles. The second-order valence-electron chi connectivity index (χ2n) is 10.7. The molecule has 1 atom stereocenters. The van der Waals surface area contributed by atoms with E-state index in [-0.39, 0.29) is 35.0 Å². The summed E-state index contributed by atoms with van der Waals surface area (Å²) >= 11 is 0. The molecule has 6 heteroatoms. The van der Waals surface area contributed by atoms with Crippen molar-refractivity contribution in [2.45, 2.75) is 62.9 Å². The Labute approximate surface area is 219 Å². The average Bonchev–Trinajstić information content (AvgIpc) is 3.13. The molecule has 5 nitrogen and oxygen atoms in total. The third kappa shape index (κ3) is 5.64. The average molecular weight is 542 g/mol. The number of amides is 1. The predicted molar refractivity (Wildman–Crippen MR) is 133 cm³/mol. The zero-order valence-electron chi connectivity index (χ0n) is 20.5. The van der Waals surface area contributed by atoms with E-state index >= 15 is 0 Å². The number of quaternary nitrogens is 1. The number of para-hydroxylation sites is 1. The van der Waals surface area contributed by atoms with E-state index in [9.17, 15) is 9.59 Å². The molecule has 2 aromatic carbocycles. The summed E-state index contributed by atoms with van der Waals surface area (Å²) in [7, 11) is 0. The van der Waals surface area contributed by atoms with Gasteiger partial charge in [0.25, 0.3) is 5.91 Å². The Balaban J connectivity index is 0.00000289. The third-order valence-corrected chi connectivity index (χ3v) is 8.51. The van der Waals surface area contributed by atoms with Crippen LogP contribution in [0, 0.1) is 5.92 Å². The maximum atomic E-state index is 13.9. The van der Waals surface area contributed by atoms with Crippen molar-refractivity contribution in [2.24, 2.45) is 5.92 Å². The summed E-state index contributed by atoms with van der Waals surface area (Å²) in [5.41, 5.74) is 1.41. The van der Waals surface area contributed by atoms with Crippen molar-refractivity contribution in [3.05, 3.63) is 66.2 Å². The van der Waals surface area contributed by atoms with Crippen molar-refractivity contribution < 1.29 is 35.8 Å². The highest BCUT2D eigenvalue weighted by molar-refractivity contribution is 5.91. The summed E-state index contributed by atoms with van der Waals surface area (Å²) in [6, 6.07) is 19.9. The number of hydrogen-bond acceptors (Lipinski definition) is 3. The van der Waals surface area contributed by atoms with Gasteiger partial charge in [-0.1, -0.05) is 74.2 Å². The predicted octanol–water partition coefficient (Wildman–Crippen LogP) is 2.07. The second-order valence-corrected chi connectivity index (χ2v) is 10.7. The lowest BCUT2D eigenvalue weighted by Crippen LogP contribution is -3.00. The lowest BCUT2D eigenvalue weighted by molar-refractivity contribution is -0.939. The molecule has 1 unspecified atom stereocenters. The van der Waals surface area contributed by atoms with Crippen LogP contribution in [0.2, 0.25) is 0 Å². The molecule has 188 valence electrons. The number of ether oxygens (including phenoxy) is 1. The minimum atomic E-state index is -0.528. The van der Waals surface area contributed by atoms with E-state index in [1.165, 1.54) is 12.8 Å². The van der Waals surface area contributed by atoms with Crippen molar-refractivity contribution >= 4 is 17.6 Å². The van der Waals surface area contributed by atoms with Crippen LogP contribution in [-0.4, -0.2) is 48.6 Å². The van der Waals surface area contributed by atoms with E-state index in [1.807, 2.05) is 48.5 Å². The van der Waals surface area contributed by atoms with Crippen LogP contribution in [0.1, 0.15) is 56.9 Å². The van der Waals surface area contributed by atoms with Crippen LogP contribution in [-0.2, 0) is 19.7 Å². The highest BCUT2D eigenvalue weighted by Gasteiger charge is 2.51. The van der Waals surface area contributed by atoms with E-state index in [4.69, 9.17) is 4.74 Å². The molecule has 2 aromatic rings. The number of nitrogens with zero attached hydrogens (tertiary/aromatic N) is 1. The number of hydrogen-bond donors (Lipinski definition) is 1. The fraction of sp³-hybridized carbons (Fsp3) is 0.517. The van der Waals surface area contributed by atoms with Crippen LogP contribution in [0.3, 0.4) is 0 Å². The number of esters is 1. The molecule has 1 aliphatic carbocycles. The molecule has 6 rings (SSSR count). The molecular formula is C29H37BrN2O3. The number of anilines is 1. The Bertz CT molecular complexity index is 982. The van der Waals surface area contributed by atoms with E-state index in [2.05, 4.69) is 17.4 Å². The number of carbonyl (C=O) groups excluding carboxylic acids is 2. The number of piperidine rings is 3. The highest BCUT2D eigenvalue weighted by Crippen LogP contribution is 2.42. The van der Waals surface area contributed by atoms with Gasteiger partial charge in [0.2, 0.25) is 0 Å². The van der Waals surface area contributed by atoms with Gasteiger partial charge in [-0.05, 0) is 30.5 Å². The Kier molecular flexibility index (Phi) is 8.33. The minimum absolute atomic E-state index is 0. The largest absolute Gasteiger partial charge is 1.00 e. The zero-order chi connectivity index (χ0) is 23.4. The maximum Gasteiger partial charge on any atom is 0.317 e. The van der Waals surface area contributed by atoms with Crippen molar-refractivity contribution in [1.82, 2.24) is 0 Å². The number of fused-ring (bicyclic) bond motifs is 3. The molecule has 1 amide bonds. The Morgan fingerprint density at radius 2 is 1.49 bits per heavy atom. The normalized spacial score (nSPS) is 27.2. The Morgan fingerprint density at radius 1 is 0.886 bits per heavy atom. The van der Waals surface area contributed by atoms with Crippen molar-refractivity contribution in [3.8, 4) is 0 Å². The van der Waals surface area contributed by atoms with Crippen LogP contribution < -0.4 is 22.3 Å². The maximum absolute atomic E-state index is 13.9. The summed E-state index contributed by atoms with van der Waals surface area (Å²) < 4.78 is 7.14. The molecule has 0 spiro atoms. The lowest BCUT2D eigenvalue weighted by atomic mass is 9.74. The number of nitrogens with one attached hydrogen (secondary N) is 1. The van der Waals surface area contributed by atoms with Gasteiger partial charge in [0.1, 0.15) is 6.54 Å². The van der Waals surface area contributed by atoms with Gasteiger partial charge in [0, 0.05) is 24.4 Å². The first kappa shape index (κ1) is 25.9. The molecule has 1 saturated carbocycles. The van der Waals surface area contributed by atoms with Crippen LogP contribution in [0.25, 0.3) is 0 Å². The first-order chi connectivity index (χ1) is 16.6. The Morgan fingerprint density at radius 3 is 2.11 bits per heavy atom. The highest BCUT2D eigenvalue weighted by atomic mass is 79.9. The smallest absolute Gasteiger partial charge is 0.317 e. The summed E-state index contributed by atoms with van der Waals surface area (Å²) in [5, 5.41) is 3.05. The fourth-order valence-electron chi connectivity index (χ4n) is 6.55. The van der Waals surface area contributed by atoms with Gasteiger partial charge in [-0.15, -0.1) is 0 Å². The molecule has 4 aliphatic rings. The molecule has 3 heterocycles. The standard InChI is InChI=1S/C29H36N2O3.BrH/c32-27(30-25-13-7-4-8-14-25)22-31-19-15-23(16-20-31)26(21-31)34-28(33)29(17-9-1-2-10-18-29)24-11-5-3-6-12-24;/h3-8,11-14,23,26H,1-2,9-10,15-22H2;1H. The van der Waals surface area contributed by atoms with Gasteiger partial charge in [-0.3, -0.25) is 9.59 Å². The van der Waals surface area contributed by atoms with Gasteiger partial charge in [-0.25, -0.2) is 0 Å². The SMILES string of the molecule is O=C(C[N+]12CCC(CC1)C(OC(=O)C1(c3ccccc3)CCCCCC1)C2)Nc1ccccc1.[Br-]. The summed E-state index contributed by atoms with van der Waals surface area (Å²) in [6.45, 7) is 3.18. The Hall–Kier alpha value is -2.18. The van der Waals surface area contributed by atoms with Crippen LogP contribution in [0.4, 0.5) is 5.69 Å². The van der Waals surface area contributed by atoms with Crippen LogP contribution >= 0.6 is 0 Å². The monoisotopic (exact) mass is 540 g/mol. The van der Waals surface area contributed by atoms with Gasteiger partial charge in [-0.2, -0.15) is 0 Å². The summed E-state index contributed by atoms with van der Waals surface area (Å²) in [6.07, 6.45) is 8.19. The zero-order valence-corrected chi connectivity index (χ0v) is 22.0. The molecule has 0 radical (unpaired) electrons. The number of carbonyl (C=O) groups is 2. The summed E-state index contributed by atoms with van der Waals surface area (Å²) in [4.78, 5) is 26.8. The van der Waals surface area contributed by atoms with Crippen LogP contribution in [0.5, 0.6) is 0 Å². The molecule has 3 saturated heterocycles. The van der Waals surface area contributed by atoms with E-state index in [0.717, 1.165) is 73.9 Å². The molecule has 2 bridgehead atoms. The molecule has 0 aromatic heterocycles. The van der Waals surface area contributed by atoms with Gasteiger partial charge in [0.05, 0.1) is 18.5 Å². The molecular weight excluding hydrogens is 504 g/mol. The van der Waals surface area contributed by atoms with Crippen molar-refractivity contribution in [2.75, 3.05) is 31.5 Å². The van der Waals surface area contributed by atoms with Crippen molar-refractivity contribution in [1.29, 1.82) is 0 Å². The van der Waals surface area contributed by atoms with E-state index in [0.29, 0.717) is 12.5 Å².